The van der Waals surface area contributed by atoms with Crippen LogP contribution in [0.3, 0.4) is 0 Å². The van der Waals surface area contributed by atoms with Gasteiger partial charge in [0.05, 0.1) is 6.10 Å². The molecular formula is C13H17F3O2. The zero-order chi connectivity index (χ0) is 13.8. The first-order valence-electron chi connectivity index (χ1n) is 5.85. The molecule has 0 aliphatic carbocycles. The summed E-state index contributed by atoms with van der Waals surface area (Å²) in [6.07, 6.45) is -4.04. The Hall–Kier alpha value is -1.23. The Kier molecular flexibility index (Phi) is 5.02. The molecule has 18 heavy (non-hydrogen) atoms. The van der Waals surface area contributed by atoms with E-state index in [0.717, 1.165) is 6.42 Å². The third kappa shape index (κ3) is 4.96. The van der Waals surface area contributed by atoms with Gasteiger partial charge >= 0.3 is 6.36 Å². The molecule has 0 saturated heterocycles. The summed E-state index contributed by atoms with van der Waals surface area (Å²) in [7, 11) is 0. The van der Waals surface area contributed by atoms with Gasteiger partial charge in [-0.15, -0.1) is 13.2 Å². The molecule has 0 spiro atoms. The molecular weight excluding hydrogens is 245 g/mol. The Balaban J connectivity index is 2.75. The SMILES string of the molecule is CCC(C)CC(O)c1cccc(OC(F)(F)F)c1. The van der Waals surface area contributed by atoms with Crippen molar-refractivity contribution in [2.75, 3.05) is 0 Å². The lowest BCUT2D eigenvalue weighted by Gasteiger charge is -2.16. The van der Waals surface area contributed by atoms with Crippen LogP contribution in [0.4, 0.5) is 13.2 Å². The average Bonchev–Trinajstić information content (AvgIpc) is 2.26. The van der Waals surface area contributed by atoms with Crippen molar-refractivity contribution in [3.63, 3.8) is 0 Å². The molecule has 0 heterocycles. The molecule has 1 N–H and O–H groups in total. The molecule has 1 aromatic rings. The second-order valence-corrected chi connectivity index (χ2v) is 4.39. The Morgan fingerprint density at radius 1 is 1.33 bits per heavy atom. The van der Waals surface area contributed by atoms with Crippen LogP contribution in [0, 0.1) is 5.92 Å². The Morgan fingerprint density at radius 3 is 2.56 bits per heavy atom. The highest BCUT2D eigenvalue weighted by Gasteiger charge is 2.31. The van der Waals surface area contributed by atoms with Crippen LogP contribution in [0.25, 0.3) is 0 Å². The number of halogens is 3. The van der Waals surface area contributed by atoms with E-state index < -0.39 is 12.5 Å². The zero-order valence-electron chi connectivity index (χ0n) is 10.4. The van der Waals surface area contributed by atoms with E-state index in [-0.39, 0.29) is 5.75 Å². The van der Waals surface area contributed by atoms with Gasteiger partial charge in [0.25, 0.3) is 0 Å². The Labute approximate surface area is 104 Å². The van der Waals surface area contributed by atoms with Crippen molar-refractivity contribution < 1.29 is 23.0 Å². The Bertz CT molecular complexity index is 377. The highest BCUT2D eigenvalue weighted by Crippen LogP contribution is 2.28. The van der Waals surface area contributed by atoms with Crippen molar-refractivity contribution in [1.29, 1.82) is 0 Å². The molecule has 1 rings (SSSR count). The lowest BCUT2D eigenvalue weighted by Crippen LogP contribution is -2.17. The molecule has 102 valence electrons. The van der Waals surface area contributed by atoms with Crippen LogP contribution >= 0.6 is 0 Å². The third-order valence-electron chi connectivity index (χ3n) is 2.80. The average molecular weight is 262 g/mol. The molecule has 0 amide bonds. The van der Waals surface area contributed by atoms with Crippen molar-refractivity contribution in [2.45, 2.75) is 39.2 Å². The standard InChI is InChI=1S/C13H17F3O2/c1-3-9(2)7-12(17)10-5-4-6-11(8-10)18-13(14,15)16/h4-6,8-9,12,17H,3,7H2,1-2H3. The van der Waals surface area contributed by atoms with Crippen LogP contribution < -0.4 is 4.74 Å². The summed E-state index contributed by atoms with van der Waals surface area (Å²) in [5.41, 5.74) is 0.442. The minimum absolute atomic E-state index is 0.303. The van der Waals surface area contributed by atoms with E-state index in [1.807, 2.05) is 13.8 Å². The molecule has 5 heteroatoms. The maximum absolute atomic E-state index is 12.1. The summed E-state index contributed by atoms with van der Waals surface area (Å²) < 4.78 is 40.0. The van der Waals surface area contributed by atoms with Gasteiger partial charge in [-0.1, -0.05) is 32.4 Å². The number of aliphatic hydroxyl groups excluding tert-OH is 1. The van der Waals surface area contributed by atoms with Crippen molar-refractivity contribution in [3.8, 4) is 5.75 Å². The number of rotatable bonds is 5. The number of hydrogen-bond acceptors (Lipinski definition) is 2. The van der Waals surface area contributed by atoms with Gasteiger partial charge in [-0.2, -0.15) is 0 Å². The van der Waals surface area contributed by atoms with Gasteiger partial charge in [-0.25, -0.2) is 0 Å². The second-order valence-electron chi connectivity index (χ2n) is 4.39. The molecule has 2 nitrogen and oxygen atoms in total. The minimum Gasteiger partial charge on any atom is -0.406 e. The van der Waals surface area contributed by atoms with E-state index >= 15 is 0 Å². The number of ether oxygens (including phenoxy) is 1. The molecule has 0 saturated carbocycles. The fourth-order valence-corrected chi connectivity index (χ4v) is 1.60. The van der Waals surface area contributed by atoms with Gasteiger partial charge in [0.1, 0.15) is 5.75 Å². The summed E-state index contributed by atoms with van der Waals surface area (Å²) in [6, 6.07) is 5.47. The van der Waals surface area contributed by atoms with Gasteiger partial charge < -0.3 is 9.84 Å². The van der Waals surface area contributed by atoms with Crippen molar-refractivity contribution >= 4 is 0 Å². The summed E-state index contributed by atoms with van der Waals surface area (Å²) in [6.45, 7) is 3.99. The van der Waals surface area contributed by atoms with Gasteiger partial charge in [0.2, 0.25) is 0 Å². The number of benzene rings is 1. The van der Waals surface area contributed by atoms with E-state index in [1.54, 1.807) is 6.07 Å². The van der Waals surface area contributed by atoms with Crippen LogP contribution in [0.2, 0.25) is 0 Å². The quantitative estimate of drug-likeness (QED) is 0.867. The molecule has 2 unspecified atom stereocenters. The van der Waals surface area contributed by atoms with E-state index in [2.05, 4.69) is 4.74 Å². The van der Waals surface area contributed by atoms with Gasteiger partial charge in [0, 0.05) is 0 Å². The molecule has 0 bridgehead atoms. The number of alkyl halides is 3. The molecule has 2 atom stereocenters. The molecule has 0 aliphatic heterocycles. The largest absolute Gasteiger partial charge is 0.573 e. The van der Waals surface area contributed by atoms with Crippen molar-refractivity contribution in [3.05, 3.63) is 29.8 Å². The minimum atomic E-state index is -4.71. The van der Waals surface area contributed by atoms with Crippen LogP contribution in [-0.2, 0) is 0 Å². The van der Waals surface area contributed by atoms with E-state index in [1.165, 1.54) is 18.2 Å². The van der Waals surface area contributed by atoms with Crippen LogP contribution in [0.15, 0.2) is 24.3 Å². The van der Waals surface area contributed by atoms with Crippen LogP contribution in [0.5, 0.6) is 5.75 Å². The molecule has 1 aromatic carbocycles. The van der Waals surface area contributed by atoms with Crippen LogP contribution in [-0.4, -0.2) is 11.5 Å². The fraction of sp³-hybridized carbons (Fsp3) is 0.538. The van der Waals surface area contributed by atoms with Gasteiger partial charge in [-0.05, 0) is 30.0 Å². The second kappa shape index (κ2) is 6.09. The molecule has 0 aromatic heterocycles. The topological polar surface area (TPSA) is 29.5 Å². The maximum atomic E-state index is 12.1. The monoisotopic (exact) mass is 262 g/mol. The third-order valence-corrected chi connectivity index (χ3v) is 2.80. The maximum Gasteiger partial charge on any atom is 0.573 e. The first-order chi connectivity index (χ1) is 8.31. The first-order valence-corrected chi connectivity index (χ1v) is 5.85. The zero-order valence-corrected chi connectivity index (χ0v) is 10.4. The number of hydrogen-bond donors (Lipinski definition) is 1. The van der Waals surface area contributed by atoms with E-state index in [4.69, 9.17) is 0 Å². The summed E-state index contributed by atoms with van der Waals surface area (Å²) in [4.78, 5) is 0. The summed E-state index contributed by atoms with van der Waals surface area (Å²) in [5.74, 6) is 0.00962. The molecule has 0 fully saturated rings. The smallest absolute Gasteiger partial charge is 0.406 e. The predicted molar refractivity (Wildman–Crippen MR) is 62.2 cm³/mol. The van der Waals surface area contributed by atoms with Gasteiger partial charge in [0.15, 0.2) is 0 Å². The normalized spacial score (nSPS) is 15.2. The highest BCUT2D eigenvalue weighted by molar-refractivity contribution is 5.30. The molecule has 0 aliphatic rings. The van der Waals surface area contributed by atoms with Crippen molar-refractivity contribution in [1.82, 2.24) is 0 Å². The van der Waals surface area contributed by atoms with E-state index in [9.17, 15) is 18.3 Å². The lowest BCUT2D eigenvalue weighted by atomic mass is 9.96. The predicted octanol–water partition coefficient (Wildman–Crippen LogP) is 4.05. The summed E-state index contributed by atoms with van der Waals surface area (Å²) in [5, 5.41) is 9.91. The van der Waals surface area contributed by atoms with Crippen LogP contribution in [0.1, 0.15) is 38.4 Å². The van der Waals surface area contributed by atoms with E-state index in [0.29, 0.717) is 17.9 Å². The van der Waals surface area contributed by atoms with Gasteiger partial charge in [-0.3, -0.25) is 0 Å². The number of aliphatic hydroxyl groups is 1. The summed E-state index contributed by atoms with van der Waals surface area (Å²) >= 11 is 0. The Morgan fingerprint density at radius 2 is 2.00 bits per heavy atom. The lowest BCUT2D eigenvalue weighted by molar-refractivity contribution is -0.274. The highest BCUT2D eigenvalue weighted by atomic mass is 19.4. The first kappa shape index (κ1) is 14.8. The molecule has 0 radical (unpaired) electrons. The fourth-order valence-electron chi connectivity index (χ4n) is 1.60. The van der Waals surface area contributed by atoms with Crippen molar-refractivity contribution in [2.24, 2.45) is 5.92 Å².